The normalized spacial score (nSPS) is 25.7. The quantitative estimate of drug-likeness (QED) is 0.292. The minimum Gasteiger partial charge on any atom is -0.481 e. The summed E-state index contributed by atoms with van der Waals surface area (Å²) >= 11 is 0. The van der Waals surface area contributed by atoms with Crippen LogP contribution in [0.25, 0.3) is 0 Å². The predicted molar refractivity (Wildman–Crippen MR) is 98.6 cm³/mol. The van der Waals surface area contributed by atoms with E-state index >= 15 is 0 Å². The molecule has 0 aliphatic heterocycles. The lowest BCUT2D eigenvalue weighted by atomic mass is 9.88. The molecule has 5 atom stereocenters. The molecular formula is C20H34O6. The Kier molecular flexibility index (Phi) is 10.7. The fourth-order valence-corrected chi connectivity index (χ4v) is 3.54. The van der Waals surface area contributed by atoms with Crippen molar-refractivity contribution in [3.8, 4) is 0 Å². The van der Waals surface area contributed by atoms with E-state index in [9.17, 15) is 24.9 Å². The summed E-state index contributed by atoms with van der Waals surface area (Å²) in [5.74, 6) is -1.34. The molecule has 0 bridgehead atoms. The van der Waals surface area contributed by atoms with Crippen LogP contribution in [-0.2, 0) is 9.59 Å². The van der Waals surface area contributed by atoms with Gasteiger partial charge in [0.2, 0.25) is 0 Å². The zero-order valence-electron chi connectivity index (χ0n) is 15.7. The molecule has 6 heteroatoms. The van der Waals surface area contributed by atoms with Crippen LogP contribution < -0.4 is 0 Å². The van der Waals surface area contributed by atoms with Gasteiger partial charge in [-0.15, -0.1) is 0 Å². The van der Waals surface area contributed by atoms with Crippen molar-refractivity contribution in [3.63, 3.8) is 0 Å². The highest BCUT2D eigenvalue weighted by molar-refractivity contribution is 5.84. The monoisotopic (exact) mass is 370 g/mol. The Morgan fingerprint density at radius 3 is 2.54 bits per heavy atom. The number of carboxylic acids is 1. The topological polar surface area (TPSA) is 115 Å². The first-order valence-electron chi connectivity index (χ1n) is 9.83. The van der Waals surface area contributed by atoms with E-state index in [-0.39, 0.29) is 30.5 Å². The van der Waals surface area contributed by atoms with E-state index in [1.165, 1.54) is 6.08 Å². The molecule has 26 heavy (non-hydrogen) atoms. The number of carbonyl (C=O) groups excluding carboxylic acids is 1. The van der Waals surface area contributed by atoms with Crippen molar-refractivity contribution in [2.75, 3.05) is 0 Å². The van der Waals surface area contributed by atoms with Crippen LogP contribution in [0.2, 0.25) is 0 Å². The average molecular weight is 370 g/mol. The number of hydrogen-bond donors (Lipinski definition) is 4. The van der Waals surface area contributed by atoms with Gasteiger partial charge in [-0.25, -0.2) is 0 Å². The summed E-state index contributed by atoms with van der Waals surface area (Å²) in [6, 6.07) is 0. The van der Waals surface area contributed by atoms with Gasteiger partial charge in [-0.3, -0.25) is 9.59 Å². The molecule has 1 aliphatic carbocycles. The molecule has 4 N–H and O–H groups in total. The molecule has 6 nitrogen and oxygen atoms in total. The van der Waals surface area contributed by atoms with Crippen LogP contribution in [0.15, 0.2) is 12.2 Å². The highest BCUT2D eigenvalue weighted by atomic mass is 16.4. The van der Waals surface area contributed by atoms with Crippen LogP contribution in [0.1, 0.15) is 71.1 Å². The Balaban J connectivity index is 2.46. The van der Waals surface area contributed by atoms with Gasteiger partial charge >= 0.3 is 5.97 Å². The third kappa shape index (κ3) is 7.98. The van der Waals surface area contributed by atoms with Gasteiger partial charge in [-0.1, -0.05) is 51.2 Å². The molecular weight excluding hydrogens is 336 g/mol. The number of aliphatic hydroxyl groups is 3. The van der Waals surface area contributed by atoms with E-state index in [1.54, 1.807) is 6.08 Å². The van der Waals surface area contributed by atoms with Gasteiger partial charge < -0.3 is 20.4 Å². The van der Waals surface area contributed by atoms with Gasteiger partial charge in [0.05, 0.1) is 18.3 Å². The Hall–Kier alpha value is -1.24. The summed E-state index contributed by atoms with van der Waals surface area (Å²) in [5.41, 5.74) is 0. The van der Waals surface area contributed by atoms with Crippen molar-refractivity contribution in [1.82, 2.24) is 0 Å². The summed E-state index contributed by atoms with van der Waals surface area (Å²) in [6.07, 6.45) is 7.04. The molecule has 0 spiro atoms. The predicted octanol–water partition coefficient (Wildman–Crippen LogP) is 2.45. The van der Waals surface area contributed by atoms with Gasteiger partial charge in [0.1, 0.15) is 5.78 Å². The molecule has 1 fully saturated rings. The van der Waals surface area contributed by atoms with Crippen LogP contribution in [0.5, 0.6) is 0 Å². The lowest BCUT2D eigenvalue weighted by Gasteiger charge is -2.19. The zero-order chi connectivity index (χ0) is 19.5. The summed E-state index contributed by atoms with van der Waals surface area (Å²) in [7, 11) is 0. The molecule has 1 aliphatic rings. The maximum absolute atomic E-state index is 12.1. The summed E-state index contributed by atoms with van der Waals surface area (Å²) in [4.78, 5) is 22.6. The number of Topliss-reactive ketones (excluding diaryl/α,β-unsaturated/α-hetero) is 1. The maximum Gasteiger partial charge on any atom is 0.303 e. The largest absolute Gasteiger partial charge is 0.481 e. The van der Waals surface area contributed by atoms with Gasteiger partial charge in [-0.05, 0) is 19.3 Å². The van der Waals surface area contributed by atoms with E-state index < -0.39 is 24.3 Å². The second kappa shape index (κ2) is 12.2. The molecule has 0 aromatic carbocycles. The highest BCUT2D eigenvalue weighted by Gasteiger charge is 2.39. The summed E-state index contributed by atoms with van der Waals surface area (Å²) in [5, 5.41) is 38.7. The smallest absolute Gasteiger partial charge is 0.303 e. The second-order valence-corrected chi connectivity index (χ2v) is 7.35. The number of rotatable bonds is 13. The molecule has 0 radical (unpaired) electrons. The van der Waals surface area contributed by atoms with Crippen molar-refractivity contribution < 1.29 is 30.0 Å². The van der Waals surface area contributed by atoms with Crippen LogP contribution in [0, 0.1) is 11.8 Å². The minimum atomic E-state index is -0.985. The van der Waals surface area contributed by atoms with E-state index in [0.717, 1.165) is 32.1 Å². The Morgan fingerprint density at radius 1 is 1.19 bits per heavy atom. The molecule has 2 unspecified atom stereocenters. The minimum absolute atomic E-state index is 0.0405. The number of hydrogen-bond acceptors (Lipinski definition) is 5. The Labute approximate surface area is 155 Å². The molecule has 1 rings (SSSR count). The third-order valence-electron chi connectivity index (χ3n) is 5.17. The van der Waals surface area contributed by atoms with Crippen molar-refractivity contribution in [2.45, 2.75) is 89.4 Å². The second-order valence-electron chi connectivity index (χ2n) is 7.35. The van der Waals surface area contributed by atoms with Crippen LogP contribution in [-0.4, -0.2) is 50.5 Å². The lowest BCUT2D eigenvalue weighted by molar-refractivity contribution is -0.137. The summed E-state index contributed by atoms with van der Waals surface area (Å²) < 4.78 is 0. The van der Waals surface area contributed by atoms with Gasteiger partial charge in [0.15, 0.2) is 0 Å². The number of aliphatic hydroxyl groups excluding tert-OH is 3. The number of aliphatic carboxylic acids is 1. The fourth-order valence-electron chi connectivity index (χ4n) is 3.54. The van der Waals surface area contributed by atoms with Gasteiger partial charge in [-0.2, -0.15) is 0 Å². The van der Waals surface area contributed by atoms with Crippen molar-refractivity contribution in [1.29, 1.82) is 0 Å². The highest BCUT2D eigenvalue weighted by Crippen LogP contribution is 2.34. The van der Waals surface area contributed by atoms with Crippen LogP contribution >= 0.6 is 0 Å². The first-order chi connectivity index (χ1) is 12.4. The molecule has 0 amide bonds. The zero-order valence-corrected chi connectivity index (χ0v) is 15.7. The molecule has 0 aromatic heterocycles. The van der Waals surface area contributed by atoms with E-state index in [2.05, 4.69) is 0 Å². The van der Waals surface area contributed by atoms with Gasteiger partial charge in [0.25, 0.3) is 0 Å². The van der Waals surface area contributed by atoms with E-state index in [1.807, 2.05) is 6.92 Å². The fraction of sp³-hybridized carbons (Fsp3) is 0.800. The van der Waals surface area contributed by atoms with Crippen molar-refractivity contribution >= 4 is 11.8 Å². The Bertz CT molecular complexity index is 461. The molecule has 0 saturated heterocycles. The Morgan fingerprint density at radius 2 is 1.88 bits per heavy atom. The molecule has 150 valence electrons. The molecule has 0 heterocycles. The average Bonchev–Trinajstić information content (AvgIpc) is 2.86. The van der Waals surface area contributed by atoms with E-state index in [0.29, 0.717) is 19.3 Å². The first kappa shape index (κ1) is 22.8. The molecule has 1 saturated carbocycles. The van der Waals surface area contributed by atoms with Crippen LogP contribution in [0.3, 0.4) is 0 Å². The lowest BCUT2D eigenvalue weighted by Crippen LogP contribution is -2.25. The number of carbonyl (C=O) groups is 2. The number of unbranched alkanes of at least 4 members (excludes halogenated alkanes) is 4. The van der Waals surface area contributed by atoms with Crippen molar-refractivity contribution in [3.05, 3.63) is 12.2 Å². The maximum atomic E-state index is 12.1. The van der Waals surface area contributed by atoms with E-state index in [4.69, 9.17) is 5.11 Å². The van der Waals surface area contributed by atoms with Crippen molar-refractivity contribution in [2.24, 2.45) is 11.8 Å². The third-order valence-corrected chi connectivity index (χ3v) is 5.17. The number of ketones is 1. The summed E-state index contributed by atoms with van der Waals surface area (Å²) in [6.45, 7) is 2.02. The number of carboxylic acid groups (broad SMARTS) is 1. The van der Waals surface area contributed by atoms with Crippen LogP contribution in [0.4, 0.5) is 0 Å². The molecule has 0 aromatic rings. The standard InChI is InChI=1S/C20H34O6/c1-2-3-9-16(21)17(22)12-11-15-14(18(23)13-19(15)24)8-6-4-5-7-10-20(25)26/h11-12,14-17,19,21-22,24H,2-10,13H2,1H3,(H,25,26)/t14-,15-,16?,17?,19-/m1/s1. The van der Waals surface area contributed by atoms with Gasteiger partial charge in [0, 0.05) is 24.7 Å². The SMILES string of the molecule is CCCCC(O)C(O)C=C[C@H]1[C@H](O)CC(=O)[C@@H]1CCCCCCC(=O)O. The first-order valence-corrected chi connectivity index (χ1v) is 9.83.